The van der Waals surface area contributed by atoms with Crippen LogP contribution in [0.15, 0.2) is 54.6 Å². The van der Waals surface area contributed by atoms with Crippen LogP contribution in [-0.4, -0.2) is 35.6 Å². The normalized spacial score (nSPS) is 11.5. The number of nitrogens with one attached hydrogen (secondary N) is 1. The van der Waals surface area contributed by atoms with Crippen molar-refractivity contribution in [2.24, 2.45) is 5.92 Å². The maximum Gasteiger partial charge on any atom is 0.317 e. The Balaban J connectivity index is 1.78. The third-order valence-electron chi connectivity index (χ3n) is 3.93. The fourth-order valence-corrected chi connectivity index (χ4v) is 2.33. The van der Waals surface area contributed by atoms with Gasteiger partial charge < -0.3 is 20.1 Å². The predicted molar refractivity (Wildman–Crippen MR) is 98.9 cm³/mol. The highest BCUT2D eigenvalue weighted by Crippen LogP contribution is 2.14. The van der Waals surface area contributed by atoms with Crippen molar-refractivity contribution in [3.05, 3.63) is 65.7 Å². The molecule has 1 unspecified atom stereocenters. The molecular weight excluding hydrogens is 332 g/mol. The number of aliphatic carboxylic acids is 1. The number of carbonyl (C=O) groups excluding carboxylic acids is 1. The standard InChI is InChI=1S/C20H24N2O4/c1-15(19(23)24)13-22(2)20(25)21-12-16-8-10-18(11-9-16)26-14-17-6-4-3-5-7-17/h3-11,15H,12-14H2,1-2H3,(H,21,25)(H,23,24). The number of amides is 2. The molecule has 0 aliphatic rings. The molecule has 0 heterocycles. The van der Waals surface area contributed by atoms with Crippen molar-refractivity contribution in [2.45, 2.75) is 20.1 Å². The summed E-state index contributed by atoms with van der Waals surface area (Å²) in [6.45, 7) is 2.60. The average Bonchev–Trinajstić information content (AvgIpc) is 2.65. The summed E-state index contributed by atoms with van der Waals surface area (Å²) in [5, 5.41) is 11.7. The maximum atomic E-state index is 12.0. The lowest BCUT2D eigenvalue weighted by atomic mass is 10.2. The summed E-state index contributed by atoms with van der Waals surface area (Å²) in [5.41, 5.74) is 2.03. The molecule has 26 heavy (non-hydrogen) atoms. The lowest BCUT2D eigenvalue weighted by Gasteiger charge is -2.20. The fourth-order valence-electron chi connectivity index (χ4n) is 2.33. The van der Waals surface area contributed by atoms with E-state index in [2.05, 4.69) is 5.32 Å². The number of rotatable bonds is 8. The van der Waals surface area contributed by atoms with Gasteiger partial charge in [-0.05, 0) is 23.3 Å². The second-order valence-corrected chi connectivity index (χ2v) is 6.20. The highest BCUT2D eigenvalue weighted by Gasteiger charge is 2.16. The molecule has 2 amide bonds. The van der Waals surface area contributed by atoms with Crippen LogP contribution < -0.4 is 10.1 Å². The Hall–Kier alpha value is -3.02. The van der Waals surface area contributed by atoms with Gasteiger partial charge in [-0.2, -0.15) is 0 Å². The number of hydrogen-bond donors (Lipinski definition) is 2. The SMILES string of the molecule is CC(CN(C)C(=O)NCc1ccc(OCc2ccccc2)cc1)C(=O)O. The van der Waals surface area contributed by atoms with Crippen LogP contribution in [0.25, 0.3) is 0 Å². The number of hydrogen-bond acceptors (Lipinski definition) is 3. The van der Waals surface area contributed by atoms with E-state index < -0.39 is 11.9 Å². The number of urea groups is 1. The number of carbonyl (C=O) groups is 2. The number of carboxylic acid groups (broad SMARTS) is 1. The summed E-state index contributed by atoms with van der Waals surface area (Å²) in [4.78, 5) is 24.2. The van der Waals surface area contributed by atoms with Crippen molar-refractivity contribution < 1.29 is 19.4 Å². The van der Waals surface area contributed by atoms with Gasteiger partial charge in [0.05, 0.1) is 5.92 Å². The second kappa shape index (κ2) is 9.46. The van der Waals surface area contributed by atoms with Crippen LogP contribution in [-0.2, 0) is 17.9 Å². The monoisotopic (exact) mass is 356 g/mol. The molecule has 0 bridgehead atoms. The van der Waals surface area contributed by atoms with Crippen molar-refractivity contribution in [3.63, 3.8) is 0 Å². The van der Waals surface area contributed by atoms with E-state index in [0.717, 1.165) is 16.9 Å². The van der Waals surface area contributed by atoms with E-state index in [0.29, 0.717) is 13.2 Å². The van der Waals surface area contributed by atoms with Gasteiger partial charge in [0.15, 0.2) is 0 Å². The summed E-state index contributed by atoms with van der Waals surface area (Å²) < 4.78 is 5.73. The van der Waals surface area contributed by atoms with Crippen LogP contribution in [0.1, 0.15) is 18.1 Å². The van der Waals surface area contributed by atoms with E-state index in [1.807, 2.05) is 54.6 Å². The minimum atomic E-state index is -0.921. The van der Waals surface area contributed by atoms with Crippen LogP contribution in [0.2, 0.25) is 0 Å². The third kappa shape index (κ3) is 6.12. The quantitative estimate of drug-likeness (QED) is 0.762. The summed E-state index contributed by atoms with van der Waals surface area (Å²) in [7, 11) is 1.58. The molecule has 138 valence electrons. The number of benzene rings is 2. The Kier molecular flexibility index (Phi) is 7.02. The molecule has 1 atom stereocenters. The van der Waals surface area contributed by atoms with Crippen LogP contribution in [0.4, 0.5) is 4.79 Å². The van der Waals surface area contributed by atoms with Gasteiger partial charge in [-0.3, -0.25) is 4.79 Å². The first-order chi connectivity index (χ1) is 12.5. The molecule has 0 aliphatic heterocycles. The van der Waals surface area contributed by atoms with Crippen molar-refractivity contribution in [1.29, 1.82) is 0 Å². The molecule has 0 radical (unpaired) electrons. The molecule has 0 aromatic heterocycles. The smallest absolute Gasteiger partial charge is 0.317 e. The molecule has 0 spiro atoms. The third-order valence-corrected chi connectivity index (χ3v) is 3.93. The van der Waals surface area contributed by atoms with Gasteiger partial charge in [0.2, 0.25) is 0 Å². The molecule has 2 rings (SSSR count). The molecule has 2 N–H and O–H groups in total. The zero-order chi connectivity index (χ0) is 18.9. The minimum Gasteiger partial charge on any atom is -0.489 e. The van der Waals surface area contributed by atoms with E-state index in [1.165, 1.54) is 4.90 Å². The highest BCUT2D eigenvalue weighted by atomic mass is 16.5. The summed E-state index contributed by atoms with van der Waals surface area (Å²) in [6.07, 6.45) is 0. The van der Waals surface area contributed by atoms with Gasteiger partial charge in [-0.1, -0.05) is 49.4 Å². The Morgan fingerprint density at radius 2 is 1.73 bits per heavy atom. The van der Waals surface area contributed by atoms with Crippen LogP contribution in [0, 0.1) is 5.92 Å². The first kappa shape index (κ1) is 19.3. The Bertz CT molecular complexity index is 716. The lowest BCUT2D eigenvalue weighted by molar-refractivity contribution is -0.141. The summed E-state index contributed by atoms with van der Waals surface area (Å²) in [5.74, 6) is -0.765. The van der Waals surface area contributed by atoms with E-state index in [4.69, 9.17) is 9.84 Å². The predicted octanol–water partition coefficient (Wildman–Crippen LogP) is 3.13. The average molecular weight is 356 g/mol. The molecule has 6 nitrogen and oxygen atoms in total. The van der Waals surface area contributed by atoms with Gasteiger partial charge >= 0.3 is 12.0 Å². The van der Waals surface area contributed by atoms with E-state index in [-0.39, 0.29) is 12.6 Å². The number of nitrogens with zero attached hydrogens (tertiary/aromatic N) is 1. The van der Waals surface area contributed by atoms with Gasteiger partial charge in [0.1, 0.15) is 12.4 Å². The minimum absolute atomic E-state index is 0.160. The highest BCUT2D eigenvalue weighted by molar-refractivity contribution is 5.75. The van der Waals surface area contributed by atoms with Crippen molar-refractivity contribution in [1.82, 2.24) is 10.2 Å². The van der Waals surface area contributed by atoms with Crippen LogP contribution >= 0.6 is 0 Å². The lowest BCUT2D eigenvalue weighted by Crippen LogP contribution is -2.40. The zero-order valence-electron chi connectivity index (χ0n) is 15.0. The van der Waals surface area contributed by atoms with E-state index in [9.17, 15) is 9.59 Å². The van der Waals surface area contributed by atoms with Crippen molar-refractivity contribution in [3.8, 4) is 5.75 Å². The number of carboxylic acids is 1. The summed E-state index contributed by atoms with van der Waals surface area (Å²) in [6, 6.07) is 17.1. The molecule has 0 aliphatic carbocycles. The molecule has 2 aromatic carbocycles. The van der Waals surface area contributed by atoms with Crippen molar-refractivity contribution >= 4 is 12.0 Å². The van der Waals surface area contributed by atoms with Gasteiger partial charge in [0, 0.05) is 20.1 Å². The maximum absolute atomic E-state index is 12.0. The first-order valence-corrected chi connectivity index (χ1v) is 8.43. The Labute approximate surface area is 153 Å². The van der Waals surface area contributed by atoms with Crippen molar-refractivity contribution in [2.75, 3.05) is 13.6 Å². The largest absolute Gasteiger partial charge is 0.489 e. The van der Waals surface area contributed by atoms with Gasteiger partial charge in [-0.25, -0.2) is 4.79 Å². The Morgan fingerprint density at radius 3 is 2.35 bits per heavy atom. The van der Waals surface area contributed by atoms with E-state index >= 15 is 0 Å². The second-order valence-electron chi connectivity index (χ2n) is 6.20. The first-order valence-electron chi connectivity index (χ1n) is 8.43. The van der Waals surface area contributed by atoms with Crippen LogP contribution in [0.5, 0.6) is 5.75 Å². The molecule has 2 aromatic rings. The number of ether oxygens (including phenoxy) is 1. The topological polar surface area (TPSA) is 78.9 Å². The molecule has 0 saturated carbocycles. The van der Waals surface area contributed by atoms with Gasteiger partial charge in [0.25, 0.3) is 0 Å². The Morgan fingerprint density at radius 1 is 1.08 bits per heavy atom. The molecule has 0 fully saturated rings. The molecule has 0 saturated heterocycles. The van der Waals surface area contributed by atoms with Crippen LogP contribution in [0.3, 0.4) is 0 Å². The fraction of sp³-hybridized carbons (Fsp3) is 0.300. The molecule has 6 heteroatoms. The van der Waals surface area contributed by atoms with Gasteiger partial charge in [-0.15, -0.1) is 0 Å². The molecular formula is C20H24N2O4. The van der Waals surface area contributed by atoms with E-state index in [1.54, 1.807) is 14.0 Å². The zero-order valence-corrected chi connectivity index (χ0v) is 15.0. The summed E-state index contributed by atoms with van der Waals surface area (Å²) >= 11 is 0.